The topological polar surface area (TPSA) is 46.3 Å². The molecule has 1 aromatic rings. The first-order chi connectivity index (χ1) is 8.72. The molecule has 2 N–H and O–H groups in total. The number of nitrogens with two attached hydrogens (primary N) is 1. The Morgan fingerprint density at radius 1 is 1.42 bits per heavy atom. The van der Waals surface area contributed by atoms with Gasteiger partial charge in [-0.2, -0.15) is 0 Å². The molecular weight excluding hydrogens is 260 g/mol. The van der Waals surface area contributed by atoms with Crippen molar-refractivity contribution in [2.24, 2.45) is 11.7 Å². The van der Waals surface area contributed by atoms with Crippen molar-refractivity contribution in [2.75, 3.05) is 19.6 Å². The maximum absolute atomic E-state index is 12.5. The number of halogens is 1. The average molecular weight is 283 g/mol. The van der Waals surface area contributed by atoms with E-state index in [4.69, 9.17) is 5.73 Å². The summed E-state index contributed by atoms with van der Waals surface area (Å²) in [6, 6.07) is 9.87. The van der Waals surface area contributed by atoms with Crippen LogP contribution in [0.3, 0.4) is 0 Å². The molecule has 1 aliphatic rings. The summed E-state index contributed by atoms with van der Waals surface area (Å²) in [5, 5.41) is 0. The fourth-order valence-electron chi connectivity index (χ4n) is 2.67. The highest BCUT2D eigenvalue weighted by Crippen LogP contribution is 2.22. The molecule has 0 aromatic heterocycles. The van der Waals surface area contributed by atoms with Crippen LogP contribution in [0.2, 0.25) is 0 Å². The number of carbonyl (C=O) groups is 1. The van der Waals surface area contributed by atoms with E-state index in [-0.39, 0.29) is 24.2 Å². The second kappa shape index (κ2) is 7.51. The SMILES string of the molecule is CC1CCCN(C(=O)C(CN)c2ccccc2)C1.Cl. The Hall–Kier alpha value is -1.06. The van der Waals surface area contributed by atoms with Crippen molar-refractivity contribution in [3.05, 3.63) is 35.9 Å². The molecule has 1 aliphatic heterocycles. The largest absolute Gasteiger partial charge is 0.342 e. The van der Waals surface area contributed by atoms with Crippen molar-refractivity contribution in [1.82, 2.24) is 4.90 Å². The molecule has 1 aromatic carbocycles. The zero-order chi connectivity index (χ0) is 13.0. The second-order valence-electron chi connectivity index (χ2n) is 5.23. The standard InChI is InChI=1S/C15H22N2O.ClH/c1-12-6-5-9-17(11-12)15(18)14(10-16)13-7-3-2-4-8-13;/h2-4,7-8,12,14H,5-6,9-11,16H2,1H3;1H. The molecular formula is C15H23ClN2O. The molecule has 1 heterocycles. The predicted octanol–water partition coefficient (Wildman–Crippen LogP) is 2.41. The molecule has 0 bridgehead atoms. The average Bonchev–Trinajstić information content (AvgIpc) is 2.41. The van der Waals surface area contributed by atoms with Crippen LogP contribution in [0.5, 0.6) is 0 Å². The molecule has 1 amide bonds. The van der Waals surface area contributed by atoms with E-state index in [0.29, 0.717) is 12.5 Å². The lowest BCUT2D eigenvalue weighted by Gasteiger charge is -2.33. The smallest absolute Gasteiger partial charge is 0.231 e. The Balaban J connectivity index is 0.00000180. The molecule has 1 fully saturated rings. The third-order valence-corrected chi connectivity index (χ3v) is 3.70. The van der Waals surface area contributed by atoms with Crippen LogP contribution in [0, 0.1) is 5.92 Å². The monoisotopic (exact) mass is 282 g/mol. The van der Waals surface area contributed by atoms with E-state index < -0.39 is 0 Å². The van der Waals surface area contributed by atoms with Gasteiger partial charge in [0.2, 0.25) is 5.91 Å². The summed E-state index contributed by atoms with van der Waals surface area (Å²) in [5.74, 6) is 0.614. The van der Waals surface area contributed by atoms with Crippen LogP contribution in [0.1, 0.15) is 31.2 Å². The normalized spacial score (nSPS) is 20.5. The third-order valence-electron chi connectivity index (χ3n) is 3.70. The van der Waals surface area contributed by atoms with Crippen LogP contribution < -0.4 is 5.73 Å². The first-order valence-corrected chi connectivity index (χ1v) is 6.76. The van der Waals surface area contributed by atoms with Gasteiger partial charge in [-0.15, -0.1) is 12.4 Å². The van der Waals surface area contributed by atoms with Gasteiger partial charge in [-0.3, -0.25) is 4.79 Å². The summed E-state index contributed by atoms with van der Waals surface area (Å²) in [6.07, 6.45) is 2.33. The van der Waals surface area contributed by atoms with Crippen LogP contribution in [-0.2, 0) is 4.79 Å². The van der Waals surface area contributed by atoms with Crippen molar-refractivity contribution < 1.29 is 4.79 Å². The number of rotatable bonds is 3. The summed E-state index contributed by atoms with van der Waals surface area (Å²) in [4.78, 5) is 14.5. The van der Waals surface area contributed by atoms with Gasteiger partial charge in [-0.1, -0.05) is 37.3 Å². The number of hydrogen-bond acceptors (Lipinski definition) is 2. The predicted molar refractivity (Wildman–Crippen MR) is 80.5 cm³/mol. The van der Waals surface area contributed by atoms with Gasteiger partial charge in [0.05, 0.1) is 5.92 Å². The van der Waals surface area contributed by atoms with Crippen LogP contribution in [0.4, 0.5) is 0 Å². The number of likely N-dealkylation sites (tertiary alicyclic amines) is 1. The lowest BCUT2D eigenvalue weighted by molar-refractivity contribution is -0.134. The first-order valence-electron chi connectivity index (χ1n) is 6.76. The molecule has 2 unspecified atom stereocenters. The zero-order valence-corrected chi connectivity index (χ0v) is 12.2. The van der Waals surface area contributed by atoms with Gasteiger partial charge < -0.3 is 10.6 Å². The number of piperidine rings is 1. The molecule has 1 saturated heterocycles. The fraction of sp³-hybridized carbons (Fsp3) is 0.533. The van der Waals surface area contributed by atoms with Crippen molar-refractivity contribution in [1.29, 1.82) is 0 Å². The minimum Gasteiger partial charge on any atom is -0.342 e. The lowest BCUT2D eigenvalue weighted by atomic mass is 9.94. The Morgan fingerprint density at radius 2 is 2.11 bits per heavy atom. The quantitative estimate of drug-likeness (QED) is 0.925. The Morgan fingerprint density at radius 3 is 2.68 bits per heavy atom. The number of benzene rings is 1. The minimum absolute atomic E-state index is 0. The van der Waals surface area contributed by atoms with E-state index in [1.165, 1.54) is 6.42 Å². The molecule has 19 heavy (non-hydrogen) atoms. The van der Waals surface area contributed by atoms with Gasteiger partial charge in [0.15, 0.2) is 0 Å². The third kappa shape index (κ3) is 3.95. The summed E-state index contributed by atoms with van der Waals surface area (Å²) >= 11 is 0. The number of hydrogen-bond donors (Lipinski definition) is 1. The number of amides is 1. The highest BCUT2D eigenvalue weighted by Gasteiger charge is 2.27. The van der Waals surface area contributed by atoms with E-state index in [1.54, 1.807) is 0 Å². The molecule has 2 atom stereocenters. The van der Waals surface area contributed by atoms with E-state index in [9.17, 15) is 4.79 Å². The van der Waals surface area contributed by atoms with Gasteiger partial charge in [0.1, 0.15) is 0 Å². The molecule has 3 nitrogen and oxygen atoms in total. The number of nitrogens with zero attached hydrogens (tertiary/aromatic N) is 1. The molecule has 0 spiro atoms. The zero-order valence-electron chi connectivity index (χ0n) is 11.4. The number of carbonyl (C=O) groups excluding carboxylic acids is 1. The van der Waals surface area contributed by atoms with Gasteiger partial charge in [0, 0.05) is 19.6 Å². The second-order valence-corrected chi connectivity index (χ2v) is 5.23. The summed E-state index contributed by atoms with van der Waals surface area (Å²) in [7, 11) is 0. The Kier molecular flexibility index (Phi) is 6.32. The van der Waals surface area contributed by atoms with Crippen molar-refractivity contribution in [3.8, 4) is 0 Å². The Bertz CT molecular complexity index is 396. The molecule has 0 radical (unpaired) electrons. The Labute approximate surface area is 121 Å². The molecule has 106 valence electrons. The maximum Gasteiger partial charge on any atom is 0.231 e. The van der Waals surface area contributed by atoms with Crippen molar-refractivity contribution >= 4 is 18.3 Å². The minimum atomic E-state index is -0.184. The van der Waals surface area contributed by atoms with Gasteiger partial charge >= 0.3 is 0 Å². The summed E-state index contributed by atoms with van der Waals surface area (Å²) in [5.41, 5.74) is 6.83. The molecule has 0 aliphatic carbocycles. The first kappa shape index (κ1) is 16.0. The highest BCUT2D eigenvalue weighted by molar-refractivity contribution is 5.85. The van der Waals surface area contributed by atoms with Crippen LogP contribution >= 0.6 is 12.4 Å². The van der Waals surface area contributed by atoms with E-state index >= 15 is 0 Å². The molecule has 0 saturated carbocycles. The summed E-state index contributed by atoms with van der Waals surface area (Å²) < 4.78 is 0. The van der Waals surface area contributed by atoms with Gasteiger partial charge in [-0.05, 0) is 24.3 Å². The van der Waals surface area contributed by atoms with E-state index in [1.807, 2.05) is 35.2 Å². The summed E-state index contributed by atoms with van der Waals surface area (Å²) in [6.45, 7) is 4.35. The van der Waals surface area contributed by atoms with Crippen molar-refractivity contribution in [2.45, 2.75) is 25.7 Å². The fourth-order valence-corrected chi connectivity index (χ4v) is 2.67. The molecule has 4 heteroatoms. The van der Waals surface area contributed by atoms with Crippen LogP contribution in [0.15, 0.2) is 30.3 Å². The van der Waals surface area contributed by atoms with E-state index in [2.05, 4.69) is 6.92 Å². The van der Waals surface area contributed by atoms with E-state index in [0.717, 1.165) is 25.1 Å². The lowest BCUT2D eigenvalue weighted by Crippen LogP contribution is -2.43. The highest BCUT2D eigenvalue weighted by atomic mass is 35.5. The van der Waals surface area contributed by atoms with Gasteiger partial charge in [-0.25, -0.2) is 0 Å². The van der Waals surface area contributed by atoms with Crippen LogP contribution in [0.25, 0.3) is 0 Å². The van der Waals surface area contributed by atoms with Crippen molar-refractivity contribution in [3.63, 3.8) is 0 Å². The van der Waals surface area contributed by atoms with Gasteiger partial charge in [0.25, 0.3) is 0 Å². The maximum atomic E-state index is 12.5. The molecule has 2 rings (SSSR count). The van der Waals surface area contributed by atoms with Crippen LogP contribution in [-0.4, -0.2) is 30.4 Å².